The number of carbonyl (C=O) groups excluding carboxylic acids is 1. The molecule has 2 N–H and O–H groups in total. The van der Waals surface area contributed by atoms with Crippen molar-refractivity contribution in [3.05, 3.63) is 82.9 Å². The Bertz CT molecular complexity index is 1350. The number of hydrogen-bond acceptors (Lipinski definition) is 5. The number of aryl methyl sites for hydroxylation is 1. The number of thiazole rings is 1. The van der Waals surface area contributed by atoms with Gasteiger partial charge >= 0.3 is 0 Å². The summed E-state index contributed by atoms with van der Waals surface area (Å²) in [6.45, 7) is 1.96. The molecule has 0 aliphatic rings. The van der Waals surface area contributed by atoms with Crippen LogP contribution in [0.1, 0.15) is 15.9 Å². The molecular formula is C21H16ClN3O3S2. The van der Waals surface area contributed by atoms with E-state index in [-0.39, 0.29) is 16.5 Å². The van der Waals surface area contributed by atoms with E-state index >= 15 is 0 Å². The number of rotatable bonds is 5. The van der Waals surface area contributed by atoms with E-state index in [1.807, 2.05) is 25.1 Å². The fourth-order valence-electron chi connectivity index (χ4n) is 2.86. The first kappa shape index (κ1) is 20.3. The number of aromatic nitrogens is 1. The minimum Gasteiger partial charge on any atom is -0.298 e. The maximum Gasteiger partial charge on any atom is 0.261 e. The van der Waals surface area contributed by atoms with Crippen LogP contribution in [0.4, 0.5) is 10.8 Å². The van der Waals surface area contributed by atoms with Crippen LogP contribution in [-0.2, 0) is 10.0 Å². The summed E-state index contributed by atoms with van der Waals surface area (Å²) in [7, 11) is -3.80. The topological polar surface area (TPSA) is 88.2 Å². The van der Waals surface area contributed by atoms with Crippen molar-refractivity contribution in [1.82, 2.24) is 4.98 Å². The van der Waals surface area contributed by atoms with Gasteiger partial charge in [0.2, 0.25) is 0 Å². The normalized spacial score (nSPS) is 11.4. The van der Waals surface area contributed by atoms with Gasteiger partial charge in [-0.1, -0.05) is 41.1 Å². The van der Waals surface area contributed by atoms with E-state index in [1.165, 1.54) is 41.7 Å². The second-order valence-corrected chi connectivity index (χ2v) is 9.68. The number of hydrogen-bond donors (Lipinski definition) is 2. The summed E-state index contributed by atoms with van der Waals surface area (Å²) in [6.07, 6.45) is 0. The summed E-state index contributed by atoms with van der Waals surface area (Å²) in [5.74, 6) is -0.376. The molecular weight excluding hydrogens is 442 g/mol. The van der Waals surface area contributed by atoms with Crippen LogP contribution in [0, 0.1) is 6.92 Å². The van der Waals surface area contributed by atoms with Crippen molar-refractivity contribution >= 4 is 59.9 Å². The van der Waals surface area contributed by atoms with Crippen LogP contribution in [0.5, 0.6) is 0 Å². The molecule has 1 aromatic heterocycles. The maximum absolute atomic E-state index is 12.7. The molecule has 0 aliphatic heterocycles. The Morgan fingerprint density at radius 3 is 2.50 bits per heavy atom. The van der Waals surface area contributed by atoms with Gasteiger partial charge in [0.05, 0.1) is 15.1 Å². The van der Waals surface area contributed by atoms with Crippen LogP contribution >= 0.6 is 22.9 Å². The first-order valence-corrected chi connectivity index (χ1v) is 11.6. The third-order valence-electron chi connectivity index (χ3n) is 4.34. The van der Waals surface area contributed by atoms with Crippen LogP contribution < -0.4 is 10.0 Å². The molecule has 30 heavy (non-hydrogen) atoms. The lowest BCUT2D eigenvalue weighted by atomic mass is 10.2. The van der Waals surface area contributed by atoms with Crippen molar-refractivity contribution in [2.45, 2.75) is 11.8 Å². The number of carbonyl (C=O) groups is 1. The SMILES string of the molecule is Cc1cccc2sc(NC(=O)c3cccc(NS(=O)(=O)c4ccc(Cl)cc4)c3)nc12. The highest BCUT2D eigenvalue weighted by Gasteiger charge is 2.16. The van der Waals surface area contributed by atoms with Crippen LogP contribution in [0.2, 0.25) is 5.02 Å². The number of nitrogens with zero attached hydrogens (tertiary/aromatic N) is 1. The largest absolute Gasteiger partial charge is 0.298 e. The number of sulfonamides is 1. The lowest BCUT2D eigenvalue weighted by Gasteiger charge is -2.09. The van der Waals surface area contributed by atoms with Gasteiger partial charge in [-0.3, -0.25) is 14.8 Å². The Balaban J connectivity index is 1.54. The van der Waals surface area contributed by atoms with E-state index < -0.39 is 10.0 Å². The minimum atomic E-state index is -3.80. The van der Waals surface area contributed by atoms with Gasteiger partial charge in [0.15, 0.2) is 5.13 Å². The van der Waals surface area contributed by atoms with Gasteiger partial charge in [-0.25, -0.2) is 13.4 Å². The molecule has 152 valence electrons. The third kappa shape index (κ3) is 4.30. The fraction of sp³-hybridized carbons (Fsp3) is 0.0476. The van der Waals surface area contributed by atoms with E-state index in [2.05, 4.69) is 15.0 Å². The predicted octanol–water partition coefficient (Wildman–Crippen LogP) is 5.31. The van der Waals surface area contributed by atoms with E-state index in [0.717, 1.165) is 15.8 Å². The highest BCUT2D eigenvalue weighted by atomic mass is 35.5. The molecule has 4 aromatic rings. The summed E-state index contributed by atoms with van der Waals surface area (Å²) >= 11 is 7.20. The van der Waals surface area contributed by atoms with Crippen molar-refractivity contribution in [3.63, 3.8) is 0 Å². The zero-order chi connectivity index (χ0) is 21.3. The van der Waals surface area contributed by atoms with Crippen LogP contribution in [0.15, 0.2) is 71.6 Å². The first-order chi connectivity index (χ1) is 14.3. The lowest BCUT2D eigenvalue weighted by molar-refractivity contribution is 0.102. The van der Waals surface area contributed by atoms with Crippen molar-refractivity contribution < 1.29 is 13.2 Å². The second kappa shape index (κ2) is 8.06. The Morgan fingerprint density at radius 2 is 1.77 bits per heavy atom. The quantitative estimate of drug-likeness (QED) is 0.425. The van der Waals surface area contributed by atoms with Gasteiger partial charge in [0, 0.05) is 16.3 Å². The molecule has 0 aliphatic carbocycles. The van der Waals surface area contributed by atoms with E-state index in [9.17, 15) is 13.2 Å². The predicted molar refractivity (Wildman–Crippen MR) is 121 cm³/mol. The number of nitrogens with one attached hydrogen (secondary N) is 2. The van der Waals surface area contributed by atoms with Gasteiger partial charge in [-0.15, -0.1) is 0 Å². The molecule has 0 bridgehead atoms. The lowest BCUT2D eigenvalue weighted by Crippen LogP contribution is -2.15. The molecule has 0 atom stereocenters. The summed E-state index contributed by atoms with van der Waals surface area (Å²) in [4.78, 5) is 17.2. The molecule has 0 fully saturated rings. The van der Waals surface area contributed by atoms with Gasteiger partial charge in [0.1, 0.15) is 0 Å². The van der Waals surface area contributed by atoms with Crippen LogP contribution in [0.25, 0.3) is 10.2 Å². The molecule has 3 aromatic carbocycles. The van der Waals surface area contributed by atoms with Gasteiger partial charge in [-0.2, -0.15) is 0 Å². The van der Waals surface area contributed by atoms with E-state index in [4.69, 9.17) is 11.6 Å². The number of fused-ring (bicyclic) bond motifs is 1. The molecule has 0 spiro atoms. The Kier molecular flexibility index (Phi) is 5.46. The van der Waals surface area contributed by atoms with Gasteiger partial charge in [-0.05, 0) is 61.0 Å². The number of anilines is 2. The standard InChI is InChI=1S/C21H16ClN3O3S2/c1-13-4-2-7-18-19(13)23-21(29-18)24-20(26)14-5-3-6-16(12-14)25-30(27,28)17-10-8-15(22)9-11-17/h2-12,25H,1H3,(H,23,24,26). The summed E-state index contributed by atoms with van der Waals surface area (Å²) < 4.78 is 28.6. The Hall–Kier alpha value is -2.94. The first-order valence-electron chi connectivity index (χ1n) is 8.88. The fourth-order valence-corrected chi connectivity index (χ4v) is 4.98. The molecule has 0 radical (unpaired) electrons. The average molecular weight is 458 g/mol. The molecule has 0 saturated heterocycles. The maximum atomic E-state index is 12.7. The third-order valence-corrected chi connectivity index (χ3v) is 6.93. The summed E-state index contributed by atoms with van der Waals surface area (Å²) in [5, 5.41) is 3.70. The molecule has 6 nitrogen and oxygen atoms in total. The Labute approximate surface area is 182 Å². The smallest absolute Gasteiger partial charge is 0.261 e. The second-order valence-electron chi connectivity index (χ2n) is 6.54. The van der Waals surface area contributed by atoms with Gasteiger partial charge in [0.25, 0.3) is 15.9 Å². The molecule has 0 saturated carbocycles. The molecule has 4 rings (SSSR count). The van der Waals surface area contributed by atoms with E-state index in [1.54, 1.807) is 18.2 Å². The Morgan fingerprint density at radius 1 is 1.03 bits per heavy atom. The van der Waals surface area contributed by atoms with Crippen LogP contribution in [-0.4, -0.2) is 19.3 Å². The highest BCUT2D eigenvalue weighted by molar-refractivity contribution is 7.92. The average Bonchev–Trinajstić information content (AvgIpc) is 3.12. The molecule has 0 unspecified atom stereocenters. The van der Waals surface area contributed by atoms with Crippen molar-refractivity contribution in [2.75, 3.05) is 10.0 Å². The molecule has 1 heterocycles. The number of halogens is 1. The van der Waals surface area contributed by atoms with Crippen molar-refractivity contribution in [3.8, 4) is 0 Å². The summed E-state index contributed by atoms with van der Waals surface area (Å²) in [5.41, 5.74) is 2.46. The molecule has 1 amide bonds. The number of para-hydroxylation sites is 1. The van der Waals surface area contributed by atoms with Gasteiger partial charge < -0.3 is 0 Å². The minimum absolute atomic E-state index is 0.0756. The van der Waals surface area contributed by atoms with Crippen molar-refractivity contribution in [1.29, 1.82) is 0 Å². The zero-order valence-corrected chi connectivity index (χ0v) is 18.1. The zero-order valence-electron chi connectivity index (χ0n) is 15.7. The number of amides is 1. The monoisotopic (exact) mass is 457 g/mol. The highest BCUT2D eigenvalue weighted by Crippen LogP contribution is 2.28. The van der Waals surface area contributed by atoms with Crippen LogP contribution in [0.3, 0.4) is 0 Å². The summed E-state index contributed by atoms with van der Waals surface area (Å²) in [6, 6.07) is 17.9. The van der Waals surface area contributed by atoms with Crippen molar-refractivity contribution in [2.24, 2.45) is 0 Å². The number of benzene rings is 3. The van der Waals surface area contributed by atoms with E-state index in [0.29, 0.717) is 15.7 Å². The molecule has 9 heteroatoms.